The van der Waals surface area contributed by atoms with E-state index in [9.17, 15) is 9.90 Å². The number of phenols is 1. The molecule has 136 valence electrons. The van der Waals surface area contributed by atoms with E-state index in [1.807, 2.05) is 36.4 Å². The zero-order valence-corrected chi connectivity index (χ0v) is 15.9. The summed E-state index contributed by atoms with van der Waals surface area (Å²) < 4.78 is 6.56. The van der Waals surface area contributed by atoms with Crippen molar-refractivity contribution < 1.29 is 14.6 Å². The fourth-order valence-electron chi connectivity index (χ4n) is 2.36. The molecule has 0 unspecified atom stereocenters. The molecule has 0 aromatic heterocycles. The maximum absolute atomic E-state index is 12.5. The molecule has 0 aliphatic carbocycles. The normalized spacial score (nSPS) is 10.7. The highest BCUT2D eigenvalue weighted by Gasteiger charge is 2.13. The Morgan fingerprint density at radius 2 is 1.81 bits per heavy atom. The first kappa shape index (κ1) is 18.7. The van der Waals surface area contributed by atoms with Crippen molar-refractivity contribution in [3.63, 3.8) is 0 Å². The average molecular weight is 425 g/mol. The number of para-hydroxylation sites is 1. The third kappa shape index (κ3) is 5.18. The molecule has 0 radical (unpaired) electrons. The number of nitrogens with one attached hydrogen (secondary N) is 1. The number of phenolic OH excluding ortho intramolecular Hbond substituents is 1. The van der Waals surface area contributed by atoms with Gasteiger partial charge in [0.05, 0.1) is 11.8 Å². The monoisotopic (exact) mass is 424 g/mol. The number of carbonyl (C=O) groups excluding carboxylic acids is 1. The molecule has 5 nitrogen and oxygen atoms in total. The van der Waals surface area contributed by atoms with Crippen LogP contribution < -0.4 is 10.2 Å². The van der Waals surface area contributed by atoms with Crippen LogP contribution in [-0.2, 0) is 6.61 Å². The minimum atomic E-state index is -0.411. The number of ether oxygens (including phenoxy) is 1. The van der Waals surface area contributed by atoms with E-state index >= 15 is 0 Å². The number of amides is 1. The smallest absolute Gasteiger partial charge is 0.275 e. The van der Waals surface area contributed by atoms with Crippen LogP contribution in [-0.4, -0.2) is 17.2 Å². The maximum Gasteiger partial charge on any atom is 0.275 e. The summed E-state index contributed by atoms with van der Waals surface area (Å²) in [6.07, 6.45) is 1.38. The second-order valence-electron chi connectivity index (χ2n) is 5.67. The third-order valence-corrected chi connectivity index (χ3v) is 4.22. The zero-order valence-electron chi connectivity index (χ0n) is 14.3. The molecule has 6 heteroatoms. The molecule has 0 bridgehead atoms. The first-order valence-corrected chi connectivity index (χ1v) is 9.00. The summed E-state index contributed by atoms with van der Waals surface area (Å²) in [5.41, 5.74) is 4.33. The number of hydrogen-bond donors (Lipinski definition) is 2. The molecule has 0 heterocycles. The Morgan fingerprint density at radius 1 is 1.07 bits per heavy atom. The van der Waals surface area contributed by atoms with Crippen molar-refractivity contribution >= 4 is 28.1 Å². The summed E-state index contributed by atoms with van der Waals surface area (Å²) >= 11 is 3.37. The fourth-order valence-corrected chi connectivity index (χ4v) is 2.72. The highest BCUT2D eigenvalue weighted by atomic mass is 79.9. The fraction of sp³-hybridized carbons (Fsp3) is 0.0476. The van der Waals surface area contributed by atoms with E-state index in [0.29, 0.717) is 23.5 Å². The predicted molar refractivity (Wildman–Crippen MR) is 108 cm³/mol. The van der Waals surface area contributed by atoms with Gasteiger partial charge in [-0.15, -0.1) is 0 Å². The van der Waals surface area contributed by atoms with Gasteiger partial charge in [0.1, 0.15) is 18.1 Å². The van der Waals surface area contributed by atoms with E-state index in [1.165, 1.54) is 6.21 Å². The van der Waals surface area contributed by atoms with E-state index in [-0.39, 0.29) is 5.75 Å². The Hall–Kier alpha value is -3.12. The van der Waals surface area contributed by atoms with Gasteiger partial charge in [0, 0.05) is 10.0 Å². The molecule has 0 atom stereocenters. The number of aromatic hydroxyl groups is 1. The van der Waals surface area contributed by atoms with Gasteiger partial charge in [0.2, 0.25) is 0 Å². The summed E-state index contributed by atoms with van der Waals surface area (Å²) in [5, 5.41) is 13.6. The molecular weight excluding hydrogens is 408 g/mol. The molecule has 0 aliphatic heterocycles. The van der Waals surface area contributed by atoms with Crippen LogP contribution in [0.4, 0.5) is 0 Å². The summed E-state index contributed by atoms with van der Waals surface area (Å²) in [5.74, 6) is 0.133. The van der Waals surface area contributed by atoms with E-state index < -0.39 is 5.91 Å². The van der Waals surface area contributed by atoms with Gasteiger partial charge in [-0.2, -0.15) is 5.10 Å². The van der Waals surface area contributed by atoms with Gasteiger partial charge in [-0.1, -0.05) is 58.4 Å². The lowest BCUT2D eigenvalue weighted by Gasteiger charge is -2.11. The minimum Gasteiger partial charge on any atom is -0.507 e. The molecule has 0 spiro atoms. The zero-order chi connectivity index (χ0) is 19.1. The van der Waals surface area contributed by atoms with Crippen molar-refractivity contribution in [2.24, 2.45) is 5.10 Å². The van der Waals surface area contributed by atoms with Gasteiger partial charge >= 0.3 is 0 Å². The van der Waals surface area contributed by atoms with Gasteiger partial charge < -0.3 is 9.84 Å². The van der Waals surface area contributed by atoms with Crippen molar-refractivity contribution in [3.05, 3.63) is 94.0 Å². The van der Waals surface area contributed by atoms with Crippen molar-refractivity contribution in [2.75, 3.05) is 0 Å². The van der Waals surface area contributed by atoms with Crippen molar-refractivity contribution in [1.29, 1.82) is 0 Å². The Morgan fingerprint density at radius 3 is 2.59 bits per heavy atom. The third-order valence-electron chi connectivity index (χ3n) is 3.73. The van der Waals surface area contributed by atoms with Crippen LogP contribution in [0.3, 0.4) is 0 Å². The second-order valence-corrected chi connectivity index (χ2v) is 6.59. The lowest BCUT2D eigenvalue weighted by molar-refractivity contribution is 0.0950. The molecule has 2 N–H and O–H groups in total. The highest BCUT2D eigenvalue weighted by molar-refractivity contribution is 9.10. The van der Waals surface area contributed by atoms with E-state index in [2.05, 4.69) is 26.5 Å². The standard InChI is InChI=1S/C21H17BrN2O3/c22-17-10-11-20(27-14-15-6-2-1-3-7-15)18(12-17)21(26)24-23-13-16-8-4-5-9-19(16)25/h1-13,25H,14H2,(H,24,26)/b23-13+. The molecule has 3 aromatic carbocycles. The Bertz CT molecular complexity index is 959. The van der Waals surface area contributed by atoms with Crippen LogP contribution >= 0.6 is 15.9 Å². The van der Waals surface area contributed by atoms with E-state index in [1.54, 1.807) is 36.4 Å². The Balaban J connectivity index is 1.71. The van der Waals surface area contributed by atoms with Crippen molar-refractivity contribution in [1.82, 2.24) is 5.43 Å². The highest BCUT2D eigenvalue weighted by Crippen LogP contribution is 2.24. The van der Waals surface area contributed by atoms with Gasteiger partial charge in [0.15, 0.2) is 0 Å². The molecule has 0 fully saturated rings. The van der Waals surface area contributed by atoms with Gasteiger partial charge in [0.25, 0.3) is 5.91 Å². The number of rotatable bonds is 6. The molecule has 27 heavy (non-hydrogen) atoms. The maximum atomic E-state index is 12.5. The molecule has 3 aromatic rings. The lowest BCUT2D eigenvalue weighted by atomic mass is 10.2. The average Bonchev–Trinajstić information content (AvgIpc) is 2.69. The number of nitrogens with zero attached hydrogens (tertiary/aromatic N) is 1. The van der Waals surface area contributed by atoms with Crippen LogP contribution in [0.1, 0.15) is 21.5 Å². The minimum absolute atomic E-state index is 0.0878. The Labute approximate surface area is 165 Å². The summed E-state index contributed by atoms with van der Waals surface area (Å²) in [6.45, 7) is 0.351. The van der Waals surface area contributed by atoms with Gasteiger partial charge in [-0.3, -0.25) is 4.79 Å². The quantitative estimate of drug-likeness (QED) is 0.452. The van der Waals surface area contributed by atoms with E-state index in [0.717, 1.165) is 10.0 Å². The number of hydrogen-bond acceptors (Lipinski definition) is 4. The van der Waals surface area contributed by atoms with Crippen LogP contribution in [0.2, 0.25) is 0 Å². The number of halogens is 1. The van der Waals surface area contributed by atoms with Crippen molar-refractivity contribution in [2.45, 2.75) is 6.61 Å². The van der Waals surface area contributed by atoms with Crippen LogP contribution in [0, 0.1) is 0 Å². The number of carbonyl (C=O) groups is 1. The first-order valence-electron chi connectivity index (χ1n) is 8.21. The predicted octanol–water partition coefficient (Wildman–Crippen LogP) is 4.50. The van der Waals surface area contributed by atoms with E-state index in [4.69, 9.17) is 4.74 Å². The van der Waals surface area contributed by atoms with Crippen molar-refractivity contribution in [3.8, 4) is 11.5 Å². The topological polar surface area (TPSA) is 70.9 Å². The number of hydrazone groups is 1. The molecular formula is C21H17BrN2O3. The molecule has 1 amide bonds. The lowest BCUT2D eigenvalue weighted by Crippen LogP contribution is -2.18. The van der Waals surface area contributed by atoms with Gasteiger partial charge in [-0.25, -0.2) is 5.43 Å². The summed E-state index contributed by atoms with van der Waals surface area (Å²) in [4.78, 5) is 12.5. The molecule has 0 saturated carbocycles. The molecule has 0 aliphatic rings. The largest absolute Gasteiger partial charge is 0.507 e. The first-order chi connectivity index (χ1) is 13.1. The van der Waals surface area contributed by atoms with Gasteiger partial charge in [-0.05, 0) is 35.9 Å². The van der Waals surface area contributed by atoms with Crippen LogP contribution in [0.25, 0.3) is 0 Å². The second kappa shape index (κ2) is 9.00. The SMILES string of the molecule is O=C(N/N=C/c1ccccc1O)c1cc(Br)ccc1OCc1ccccc1. The summed E-state index contributed by atoms with van der Waals surface area (Å²) in [7, 11) is 0. The van der Waals surface area contributed by atoms with Crippen LogP contribution in [0.5, 0.6) is 11.5 Å². The molecule has 0 saturated heterocycles. The molecule has 3 rings (SSSR count). The summed E-state index contributed by atoms with van der Waals surface area (Å²) in [6, 6.07) is 21.6. The van der Waals surface area contributed by atoms with Crippen LogP contribution in [0.15, 0.2) is 82.4 Å². The number of benzene rings is 3. The Kier molecular flexibility index (Phi) is 6.22.